The number of rotatable bonds is 3. The summed E-state index contributed by atoms with van der Waals surface area (Å²) in [6.07, 6.45) is -0.820. The number of amides is 1. The molecule has 2 N–H and O–H groups in total. The second-order valence-corrected chi connectivity index (χ2v) is 2.85. The van der Waals surface area contributed by atoms with Crippen molar-refractivity contribution in [1.29, 1.82) is 0 Å². The van der Waals surface area contributed by atoms with E-state index in [4.69, 9.17) is 10.5 Å². The number of carbonyl (C=O) groups excluding carboxylic acids is 2. The lowest BCUT2D eigenvalue weighted by Gasteiger charge is -2.03. The van der Waals surface area contributed by atoms with Crippen LogP contribution in [0.3, 0.4) is 0 Å². The summed E-state index contributed by atoms with van der Waals surface area (Å²) in [6, 6.07) is 6.59. The molecule has 15 heavy (non-hydrogen) atoms. The highest BCUT2D eigenvalue weighted by Gasteiger charge is 1.99. The largest absolute Gasteiger partial charge is 0.445 e. The van der Waals surface area contributed by atoms with Crippen molar-refractivity contribution in [2.75, 3.05) is 0 Å². The van der Waals surface area contributed by atoms with E-state index >= 15 is 0 Å². The van der Waals surface area contributed by atoms with Crippen molar-refractivity contribution >= 4 is 12.1 Å². The number of hydrogen-bond donors (Lipinski definition) is 1. The van der Waals surface area contributed by atoms with Crippen LogP contribution in [0.25, 0.3) is 0 Å². The van der Waals surface area contributed by atoms with Crippen molar-refractivity contribution in [2.24, 2.45) is 5.73 Å². The first kappa shape index (κ1) is 11.0. The predicted molar refractivity (Wildman–Crippen MR) is 52.1 cm³/mol. The average molecular weight is 209 g/mol. The minimum Gasteiger partial charge on any atom is -0.445 e. The van der Waals surface area contributed by atoms with Gasteiger partial charge in [-0.2, -0.15) is 0 Å². The fourth-order valence-electron chi connectivity index (χ4n) is 0.974. The van der Waals surface area contributed by atoms with Gasteiger partial charge in [0.05, 0.1) is 0 Å². The Hall–Kier alpha value is -2.04. The van der Waals surface area contributed by atoms with Gasteiger partial charge in [-0.25, -0.2) is 4.79 Å². The van der Waals surface area contributed by atoms with Crippen LogP contribution in [0.5, 0.6) is 5.75 Å². The Labute approximate surface area is 86.8 Å². The third-order valence-electron chi connectivity index (χ3n) is 1.57. The van der Waals surface area contributed by atoms with Crippen molar-refractivity contribution in [2.45, 2.75) is 13.5 Å². The Morgan fingerprint density at radius 2 is 1.87 bits per heavy atom. The summed E-state index contributed by atoms with van der Waals surface area (Å²) in [5, 5.41) is 0. The fourth-order valence-corrected chi connectivity index (χ4v) is 0.974. The smallest absolute Gasteiger partial charge is 0.404 e. The summed E-state index contributed by atoms with van der Waals surface area (Å²) in [6.45, 7) is 1.43. The number of benzene rings is 1. The van der Waals surface area contributed by atoms with Gasteiger partial charge in [0.15, 0.2) is 0 Å². The van der Waals surface area contributed by atoms with Gasteiger partial charge in [-0.05, 0) is 17.7 Å². The van der Waals surface area contributed by atoms with Gasteiger partial charge in [0.2, 0.25) is 0 Å². The summed E-state index contributed by atoms with van der Waals surface area (Å²) in [4.78, 5) is 20.9. The summed E-state index contributed by atoms with van der Waals surface area (Å²) in [5.41, 5.74) is 5.57. The van der Waals surface area contributed by atoms with Crippen LogP contribution >= 0.6 is 0 Å². The van der Waals surface area contributed by atoms with Crippen molar-refractivity contribution in [3.05, 3.63) is 29.8 Å². The Kier molecular flexibility index (Phi) is 3.68. The second-order valence-electron chi connectivity index (χ2n) is 2.85. The maximum Gasteiger partial charge on any atom is 0.404 e. The maximum absolute atomic E-state index is 10.6. The number of carbonyl (C=O) groups is 2. The topological polar surface area (TPSA) is 78.6 Å². The molecule has 0 atom stereocenters. The molecule has 0 spiro atoms. The number of esters is 1. The Bertz CT molecular complexity index is 358. The normalized spacial score (nSPS) is 9.40. The molecule has 0 saturated carbocycles. The highest BCUT2D eigenvalue weighted by atomic mass is 16.5. The second kappa shape index (κ2) is 4.99. The van der Waals surface area contributed by atoms with E-state index < -0.39 is 6.09 Å². The molecule has 0 aliphatic heterocycles. The lowest BCUT2D eigenvalue weighted by Crippen LogP contribution is -2.12. The molecule has 0 bridgehead atoms. The molecule has 1 rings (SSSR count). The quantitative estimate of drug-likeness (QED) is 0.599. The van der Waals surface area contributed by atoms with Gasteiger partial charge >= 0.3 is 12.1 Å². The van der Waals surface area contributed by atoms with E-state index in [0.717, 1.165) is 5.56 Å². The average Bonchev–Trinajstić information content (AvgIpc) is 2.16. The molecule has 0 fully saturated rings. The van der Waals surface area contributed by atoms with Crippen LogP contribution in [0.2, 0.25) is 0 Å². The molecule has 0 aliphatic rings. The summed E-state index contributed by atoms with van der Waals surface area (Å²) in [7, 11) is 0. The number of hydrogen-bond acceptors (Lipinski definition) is 4. The first-order valence-electron chi connectivity index (χ1n) is 4.27. The van der Waals surface area contributed by atoms with Gasteiger partial charge < -0.3 is 15.2 Å². The van der Waals surface area contributed by atoms with Gasteiger partial charge in [-0.3, -0.25) is 4.79 Å². The molecule has 0 radical (unpaired) electrons. The van der Waals surface area contributed by atoms with E-state index in [2.05, 4.69) is 4.74 Å². The van der Waals surface area contributed by atoms with E-state index in [1.807, 2.05) is 0 Å². The van der Waals surface area contributed by atoms with Crippen LogP contribution in [0.15, 0.2) is 24.3 Å². The Morgan fingerprint density at radius 3 is 2.33 bits per heavy atom. The molecule has 0 aliphatic carbocycles. The minimum absolute atomic E-state index is 0.107. The molecule has 0 aromatic heterocycles. The molecule has 80 valence electrons. The number of ether oxygens (including phenoxy) is 2. The third-order valence-corrected chi connectivity index (χ3v) is 1.57. The molecule has 0 heterocycles. The van der Waals surface area contributed by atoms with Gasteiger partial charge in [-0.1, -0.05) is 12.1 Å². The van der Waals surface area contributed by atoms with Crippen molar-refractivity contribution in [3.63, 3.8) is 0 Å². The van der Waals surface area contributed by atoms with Crippen LogP contribution < -0.4 is 10.5 Å². The fraction of sp³-hybridized carbons (Fsp3) is 0.200. The summed E-state index contributed by atoms with van der Waals surface area (Å²) >= 11 is 0. The lowest BCUT2D eigenvalue weighted by molar-refractivity contribution is -0.131. The summed E-state index contributed by atoms with van der Waals surface area (Å²) < 4.78 is 9.40. The van der Waals surface area contributed by atoms with Crippen LogP contribution in [0.4, 0.5) is 4.79 Å². The van der Waals surface area contributed by atoms with Gasteiger partial charge in [0, 0.05) is 6.92 Å². The molecule has 0 saturated heterocycles. The monoisotopic (exact) mass is 209 g/mol. The van der Waals surface area contributed by atoms with Gasteiger partial charge in [0.1, 0.15) is 12.4 Å². The van der Waals surface area contributed by atoms with E-state index in [0.29, 0.717) is 5.75 Å². The Morgan fingerprint density at radius 1 is 1.27 bits per heavy atom. The highest BCUT2D eigenvalue weighted by molar-refractivity contribution is 5.69. The van der Waals surface area contributed by atoms with Crippen LogP contribution in [-0.2, 0) is 16.1 Å². The molecular weight excluding hydrogens is 198 g/mol. The van der Waals surface area contributed by atoms with Crippen LogP contribution in [0.1, 0.15) is 12.5 Å². The highest BCUT2D eigenvalue weighted by Crippen LogP contribution is 2.12. The molecule has 5 heteroatoms. The van der Waals surface area contributed by atoms with Crippen molar-refractivity contribution in [1.82, 2.24) is 0 Å². The van der Waals surface area contributed by atoms with E-state index in [1.165, 1.54) is 6.92 Å². The molecule has 0 unspecified atom stereocenters. The van der Waals surface area contributed by atoms with Crippen LogP contribution in [0, 0.1) is 0 Å². The SMILES string of the molecule is CC(=O)Oc1ccc(COC(N)=O)cc1. The van der Waals surface area contributed by atoms with Gasteiger partial charge in [0.25, 0.3) is 0 Å². The van der Waals surface area contributed by atoms with E-state index in [9.17, 15) is 9.59 Å². The van der Waals surface area contributed by atoms with Crippen molar-refractivity contribution in [3.8, 4) is 5.75 Å². The van der Waals surface area contributed by atoms with Crippen molar-refractivity contribution < 1.29 is 19.1 Å². The van der Waals surface area contributed by atoms with E-state index in [1.54, 1.807) is 24.3 Å². The molecular formula is C10H11NO4. The first-order valence-corrected chi connectivity index (χ1v) is 4.27. The summed E-state index contributed by atoms with van der Waals surface area (Å²) in [5.74, 6) is 0.0708. The van der Waals surface area contributed by atoms with Gasteiger partial charge in [-0.15, -0.1) is 0 Å². The minimum atomic E-state index is -0.820. The lowest BCUT2D eigenvalue weighted by atomic mass is 10.2. The zero-order valence-corrected chi connectivity index (χ0v) is 8.23. The first-order chi connectivity index (χ1) is 7.08. The maximum atomic E-state index is 10.6. The third kappa shape index (κ3) is 4.12. The molecule has 5 nitrogen and oxygen atoms in total. The van der Waals surface area contributed by atoms with E-state index in [-0.39, 0.29) is 12.6 Å². The predicted octanol–water partition coefficient (Wildman–Crippen LogP) is 1.21. The van der Waals surface area contributed by atoms with Crippen LogP contribution in [-0.4, -0.2) is 12.1 Å². The molecule has 1 amide bonds. The Balaban J connectivity index is 2.56. The molecule has 1 aromatic rings. The zero-order valence-electron chi connectivity index (χ0n) is 8.23. The molecule has 1 aromatic carbocycles. The number of nitrogens with two attached hydrogens (primary N) is 1. The zero-order chi connectivity index (χ0) is 11.3. The standard InChI is InChI=1S/C10H11NO4/c1-7(12)15-9-4-2-8(3-5-9)6-14-10(11)13/h2-5H,6H2,1H3,(H2,11,13). The number of primary amides is 1.